The average Bonchev–Trinajstić information content (AvgIpc) is 2.62. The molecule has 3 aromatic rings. The molecule has 0 spiro atoms. The fourth-order valence-corrected chi connectivity index (χ4v) is 5.09. The molecule has 2 amide bonds. The van der Waals surface area contributed by atoms with Crippen LogP contribution < -0.4 is 0 Å². The van der Waals surface area contributed by atoms with E-state index in [1.54, 1.807) is 62.4 Å². The molecule has 142 valence electrons. The summed E-state index contributed by atoms with van der Waals surface area (Å²) in [5, 5.41) is 1.56. The van der Waals surface area contributed by atoms with Crippen LogP contribution in [0.1, 0.15) is 37.4 Å². The van der Waals surface area contributed by atoms with Gasteiger partial charge in [-0.2, -0.15) is 8.42 Å². The molecule has 0 atom stereocenters. The summed E-state index contributed by atoms with van der Waals surface area (Å²) < 4.78 is 30.9. The number of hydrogen-bond donors (Lipinski definition) is 0. The maximum Gasteiger partial charge on any atom is 0.318 e. The number of carbonyl (C=O) groups excluding carboxylic acids is 2. The molecule has 0 radical (unpaired) electrons. The van der Waals surface area contributed by atoms with Gasteiger partial charge in [-0.25, -0.2) is 0 Å². The van der Waals surface area contributed by atoms with E-state index in [0.717, 1.165) is 10.9 Å². The van der Waals surface area contributed by atoms with Crippen LogP contribution in [0.2, 0.25) is 0 Å². The van der Waals surface area contributed by atoms with E-state index in [0.29, 0.717) is 21.6 Å². The minimum absolute atomic E-state index is 0.0456. The van der Waals surface area contributed by atoms with E-state index in [2.05, 4.69) is 0 Å². The SMILES string of the molecule is Cc1cc(C)c(S(=O)(=O)ON2C(=O)c3cccc4cccc(c34)C2=O)c(C)c1. The summed E-state index contributed by atoms with van der Waals surface area (Å²) >= 11 is 0. The van der Waals surface area contributed by atoms with E-state index < -0.39 is 21.9 Å². The predicted octanol–water partition coefficient (Wildman–Crippen LogP) is 3.68. The minimum atomic E-state index is -4.39. The van der Waals surface area contributed by atoms with Gasteiger partial charge >= 0.3 is 10.1 Å². The number of amides is 2. The van der Waals surface area contributed by atoms with Crippen molar-refractivity contribution in [2.24, 2.45) is 0 Å². The van der Waals surface area contributed by atoms with Crippen LogP contribution in [0.15, 0.2) is 53.4 Å². The molecule has 0 bridgehead atoms. The van der Waals surface area contributed by atoms with Gasteiger partial charge in [-0.1, -0.05) is 42.0 Å². The number of carbonyl (C=O) groups is 2. The van der Waals surface area contributed by atoms with Crippen LogP contribution >= 0.6 is 0 Å². The zero-order chi connectivity index (χ0) is 20.2. The number of hydroxylamine groups is 2. The van der Waals surface area contributed by atoms with E-state index in [-0.39, 0.29) is 16.0 Å². The van der Waals surface area contributed by atoms with Gasteiger partial charge in [-0.15, -0.1) is 9.35 Å². The number of hydrogen-bond acceptors (Lipinski definition) is 5. The fourth-order valence-electron chi connectivity index (χ4n) is 3.77. The minimum Gasteiger partial charge on any atom is -0.266 e. The van der Waals surface area contributed by atoms with Crippen LogP contribution in [0.4, 0.5) is 0 Å². The number of imide groups is 1. The largest absolute Gasteiger partial charge is 0.318 e. The van der Waals surface area contributed by atoms with E-state index in [1.807, 2.05) is 6.92 Å². The molecular weight excluding hydrogens is 378 g/mol. The fraction of sp³-hybridized carbons (Fsp3) is 0.143. The van der Waals surface area contributed by atoms with Crippen molar-refractivity contribution in [1.29, 1.82) is 0 Å². The van der Waals surface area contributed by atoms with Gasteiger partial charge in [0.1, 0.15) is 4.90 Å². The Kier molecular flexibility index (Phi) is 4.10. The quantitative estimate of drug-likeness (QED) is 0.632. The molecule has 1 heterocycles. The van der Waals surface area contributed by atoms with Crippen LogP contribution in [-0.4, -0.2) is 25.3 Å². The molecule has 0 N–H and O–H groups in total. The third-order valence-electron chi connectivity index (χ3n) is 4.76. The molecule has 6 nitrogen and oxygen atoms in total. The van der Waals surface area contributed by atoms with Crippen molar-refractivity contribution in [2.75, 3.05) is 0 Å². The molecule has 0 aromatic heterocycles. The first-order chi connectivity index (χ1) is 13.2. The predicted molar refractivity (Wildman–Crippen MR) is 103 cm³/mol. The monoisotopic (exact) mass is 395 g/mol. The van der Waals surface area contributed by atoms with Crippen molar-refractivity contribution in [1.82, 2.24) is 5.06 Å². The molecule has 0 unspecified atom stereocenters. The van der Waals surface area contributed by atoms with Crippen molar-refractivity contribution >= 4 is 32.7 Å². The molecule has 0 saturated carbocycles. The van der Waals surface area contributed by atoms with E-state index >= 15 is 0 Å². The van der Waals surface area contributed by atoms with Gasteiger partial charge in [0.25, 0.3) is 11.8 Å². The summed E-state index contributed by atoms with van der Waals surface area (Å²) in [5.74, 6) is -1.61. The molecule has 0 fully saturated rings. The van der Waals surface area contributed by atoms with Crippen LogP contribution in [-0.2, 0) is 14.4 Å². The van der Waals surface area contributed by atoms with Crippen molar-refractivity contribution in [3.63, 3.8) is 0 Å². The summed E-state index contributed by atoms with van der Waals surface area (Å²) in [7, 11) is -4.39. The van der Waals surface area contributed by atoms with Crippen molar-refractivity contribution in [3.05, 3.63) is 76.3 Å². The summed E-state index contributed by atoms with van der Waals surface area (Å²) in [5.41, 5.74) is 2.31. The molecule has 7 heteroatoms. The van der Waals surface area contributed by atoms with Gasteiger partial charge in [0, 0.05) is 5.39 Å². The highest BCUT2D eigenvalue weighted by atomic mass is 32.2. The van der Waals surface area contributed by atoms with Gasteiger partial charge in [0.15, 0.2) is 0 Å². The number of benzene rings is 3. The first-order valence-electron chi connectivity index (χ1n) is 8.63. The lowest BCUT2D eigenvalue weighted by Gasteiger charge is -2.25. The topological polar surface area (TPSA) is 80.8 Å². The highest BCUT2D eigenvalue weighted by Gasteiger charge is 2.38. The third-order valence-corrected chi connectivity index (χ3v) is 6.25. The van der Waals surface area contributed by atoms with Crippen LogP contribution in [0.25, 0.3) is 10.8 Å². The number of aryl methyl sites for hydroxylation is 3. The normalized spacial score (nSPS) is 14.0. The second-order valence-electron chi connectivity index (χ2n) is 6.87. The van der Waals surface area contributed by atoms with E-state index in [4.69, 9.17) is 4.28 Å². The van der Waals surface area contributed by atoms with Crippen LogP contribution in [0.5, 0.6) is 0 Å². The zero-order valence-electron chi connectivity index (χ0n) is 15.5. The lowest BCUT2D eigenvalue weighted by atomic mass is 9.95. The third kappa shape index (κ3) is 2.71. The Morgan fingerprint density at radius 3 is 1.82 bits per heavy atom. The highest BCUT2D eigenvalue weighted by Crippen LogP contribution is 2.32. The maximum atomic E-state index is 12.9. The summed E-state index contributed by atoms with van der Waals surface area (Å²) in [4.78, 5) is 25.7. The lowest BCUT2D eigenvalue weighted by Crippen LogP contribution is -2.41. The van der Waals surface area contributed by atoms with Crippen molar-refractivity contribution in [2.45, 2.75) is 25.7 Å². The standard InChI is InChI=1S/C21H17NO5S/c1-12-10-13(2)19(14(3)11-12)28(25,26)27-22-20(23)16-8-4-6-15-7-5-9-17(18(15)16)21(22)24/h4-11H,1-3H3. The molecule has 1 aliphatic rings. The summed E-state index contributed by atoms with van der Waals surface area (Å²) in [6.07, 6.45) is 0. The summed E-state index contributed by atoms with van der Waals surface area (Å²) in [6, 6.07) is 13.4. The zero-order valence-corrected chi connectivity index (χ0v) is 16.3. The Hall–Kier alpha value is -3.03. The smallest absolute Gasteiger partial charge is 0.266 e. The van der Waals surface area contributed by atoms with E-state index in [1.165, 1.54) is 0 Å². The first-order valence-corrected chi connectivity index (χ1v) is 10.0. The average molecular weight is 395 g/mol. The Morgan fingerprint density at radius 1 is 0.821 bits per heavy atom. The highest BCUT2D eigenvalue weighted by molar-refractivity contribution is 7.86. The molecule has 0 aliphatic carbocycles. The van der Waals surface area contributed by atoms with Crippen LogP contribution in [0, 0.1) is 20.8 Å². The molecule has 1 aliphatic heterocycles. The lowest BCUT2D eigenvalue weighted by molar-refractivity contribution is -0.0155. The maximum absolute atomic E-state index is 12.9. The van der Waals surface area contributed by atoms with Gasteiger partial charge in [-0.3, -0.25) is 9.59 Å². The Bertz CT molecular complexity index is 1200. The van der Waals surface area contributed by atoms with Crippen LogP contribution in [0.3, 0.4) is 0 Å². The number of rotatable bonds is 3. The Labute approximate surface area is 162 Å². The van der Waals surface area contributed by atoms with Gasteiger partial charge in [0.2, 0.25) is 0 Å². The molecule has 3 aromatic carbocycles. The molecule has 28 heavy (non-hydrogen) atoms. The second-order valence-corrected chi connectivity index (χ2v) is 8.34. The summed E-state index contributed by atoms with van der Waals surface area (Å²) in [6.45, 7) is 5.14. The Morgan fingerprint density at radius 2 is 1.32 bits per heavy atom. The molecular formula is C21H17NO5S. The molecule has 0 saturated heterocycles. The second kappa shape index (κ2) is 6.25. The van der Waals surface area contributed by atoms with Gasteiger partial charge in [0.05, 0.1) is 11.1 Å². The van der Waals surface area contributed by atoms with Gasteiger partial charge < -0.3 is 0 Å². The van der Waals surface area contributed by atoms with Crippen molar-refractivity contribution in [3.8, 4) is 0 Å². The molecule has 4 rings (SSSR count). The first kappa shape index (κ1) is 18.3. The van der Waals surface area contributed by atoms with Gasteiger partial charge in [-0.05, 0) is 49.4 Å². The van der Waals surface area contributed by atoms with Crippen molar-refractivity contribution < 1.29 is 22.3 Å². The number of nitrogens with zero attached hydrogens (tertiary/aromatic N) is 1. The van der Waals surface area contributed by atoms with E-state index in [9.17, 15) is 18.0 Å². The Balaban J connectivity index is 1.82.